The summed E-state index contributed by atoms with van der Waals surface area (Å²) in [6, 6.07) is 10.9. The van der Waals surface area contributed by atoms with Crippen molar-refractivity contribution < 1.29 is 5.11 Å². The highest BCUT2D eigenvalue weighted by Crippen LogP contribution is 2.43. The summed E-state index contributed by atoms with van der Waals surface area (Å²) in [5.41, 5.74) is 5.19. The fraction of sp³-hybridized carbons (Fsp3) is 0. The van der Waals surface area contributed by atoms with E-state index in [1.807, 2.05) is 18.2 Å². The van der Waals surface area contributed by atoms with Crippen LogP contribution < -0.4 is 5.32 Å². The number of hydrogen-bond acceptors (Lipinski definition) is 5. The third-order valence-electron chi connectivity index (χ3n) is 4.32. The van der Waals surface area contributed by atoms with E-state index in [1.54, 1.807) is 36.8 Å². The van der Waals surface area contributed by atoms with Crippen LogP contribution in [0.4, 0.5) is 11.5 Å². The topological polar surface area (TPSA) is 86.7 Å². The van der Waals surface area contributed by atoms with E-state index in [4.69, 9.17) is 4.98 Å². The molecule has 0 unspecified atom stereocenters. The van der Waals surface area contributed by atoms with E-state index in [0.717, 1.165) is 44.1 Å². The summed E-state index contributed by atoms with van der Waals surface area (Å²) in [5.74, 6) is 1.58. The lowest BCUT2D eigenvalue weighted by molar-refractivity contribution is 0.475. The first kappa shape index (κ1) is 15.1. The number of rotatable bonds is 1. The number of halogens is 1. The number of phenols is 1. The lowest BCUT2D eigenvalue weighted by Crippen LogP contribution is -1.95. The zero-order chi connectivity index (χ0) is 17.7. The number of aromatic amines is 1. The van der Waals surface area contributed by atoms with Crippen LogP contribution in [0.1, 0.15) is 0 Å². The minimum absolute atomic E-state index is 0.183. The maximum Gasteiger partial charge on any atom is 0.139 e. The number of aromatic hydroxyl groups is 1. The van der Waals surface area contributed by atoms with Gasteiger partial charge in [0.05, 0.1) is 17.6 Å². The lowest BCUT2D eigenvalue weighted by Gasteiger charge is -2.08. The molecule has 0 spiro atoms. The second-order valence-electron chi connectivity index (χ2n) is 5.92. The molecule has 3 N–H and O–H groups in total. The van der Waals surface area contributed by atoms with Gasteiger partial charge in [-0.2, -0.15) is 0 Å². The van der Waals surface area contributed by atoms with Crippen molar-refractivity contribution in [1.29, 1.82) is 0 Å². The summed E-state index contributed by atoms with van der Waals surface area (Å²) < 4.78 is 0.846. The number of anilines is 2. The van der Waals surface area contributed by atoms with Gasteiger partial charge in [-0.3, -0.25) is 4.98 Å². The fourth-order valence-electron chi connectivity index (χ4n) is 3.12. The van der Waals surface area contributed by atoms with E-state index in [-0.39, 0.29) is 5.75 Å². The van der Waals surface area contributed by atoms with E-state index in [9.17, 15) is 5.11 Å². The maximum absolute atomic E-state index is 9.87. The van der Waals surface area contributed by atoms with Crippen LogP contribution in [0, 0.1) is 0 Å². The molecule has 4 heterocycles. The Labute approximate surface area is 157 Å². The van der Waals surface area contributed by atoms with Gasteiger partial charge < -0.3 is 15.4 Å². The monoisotopic (exact) mass is 405 g/mol. The Bertz CT molecular complexity index is 1090. The first-order chi connectivity index (χ1) is 12.7. The average Bonchev–Trinajstić information content (AvgIpc) is 3.04. The summed E-state index contributed by atoms with van der Waals surface area (Å²) in [7, 11) is 0. The van der Waals surface area contributed by atoms with Crippen molar-refractivity contribution >= 4 is 27.4 Å². The van der Waals surface area contributed by atoms with E-state index in [1.165, 1.54) is 0 Å². The maximum atomic E-state index is 9.87. The number of hydrogen-bond donors (Lipinski definition) is 3. The Morgan fingerprint density at radius 1 is 1.00 bits per heavy atom. The Morgan fingerprint density at radius 2 is 1.92 bits per heavy atom. The molecule has 6 nitrogen and oxygen atoms in total. The quantitative estimate of drug-likeness (QED) is 0.375. The van der Waals surface area contributed by atoms with Crippen molar-refractivity contribution in [2.24, 2.45) is 0 Å². The van der Waals surface area contributed by atoms with Gasteiger partial charge in [0.1, 0.15) is 23.1 Å². The number of aromatic nitrogens is 4. The minimum Gasteiger partial charge on any atom is -0.508 e. The van der Waals surface area contributed by atoms with Crippen molar-refractivity contribution in [3.8, 4) is 39.7 Å². The van der Waals surface area contributed by atoms with Crippen LogP contribution in [0.5, 0.6) is 5.75 Å². The molecule has 1 aromatic carbocycles. The predicted octanol–water partition coefficient (Wildman–Crippen LogP) is 4.73. The summed E-state index contributed by atoms with van der Waals surface area (Å²) in [6.07, 6.45) is 5.26. The molecular weight excluding hydrogens is 394 g/mol. The zero-order valence-electron chi connectivity index (χ0n) is 13.4. The van der Waals surface area contributed by atoms with E-state index >= 15 is 0 Å². The van der Waals surface area contributed by atoms with Crippen LogP contribution in [0.3, 0.4) is 0 Å². The van der Waals surface area contributed by atoms with Crippen LogP contribution in [0.2, 0.25) is 0 Å². The number of H-pyrrole nitrogens is 1. The van der Waals surface area contributed by atoms with Crippen molar-refractivity contribution in [1.82, 2.24) is 19.9 Å². The van der Waals surface area contributed by atoms with Gasteiger partial charge in [0.15, 0.2) is 0 Å². The van der Waals surface area contributed by atoms with Crippen molar-refractivity contribution in [3.63, 3.8) is 0 Å². The summed E-state index contributed by atoms with van der Waals surface area (Å²) in [6.45, 7) is 0. The lowest BCUT2D eigenvalue weighted by atomic mass is 10.1. The molecular formula is C19H12BrN5O. The Hall–Kier alpha value is -3.19. The van der Waals surface area contributed by atoms with Gasteiger partial charge >= 0.3 is 0 Å². The molecule has 126 valence electrons. The van der Waals surface area contributed by atoms with Gasteiger partial charge in [-0.05, 0) is 36.4 Å². The van der Waals surface area contributed by atoms with Gasteiger partial charge in [0.2, 0.25) is 0 Å². The van der Waals surface area contributed by atoms with Crippen molar-refractivity contribution in [2.45, 2.75) is 0 Å². The van der Waals surface area contributed by atoms with E-state index in [2.05, 4.69) is 36.2 Å². The van der Waals surface area contributed by atoms with Gasteiger partial charge in [0, 0.05) is 33.6 Å². The molecule has 1 aliphatic rings. The van der Waals surface area contributed by atoms with Crippen LogP contribution in [-0.4, -0.2) is 25.0 Å². The number of fused-ring (bicyclic) bond motifs is 5. The Kier molecular flexibility index (Phi) is 3.29. The molecule has 26 heavy (non-hydrogen) atoms. The number of imidazole rings is 1. The number of nitrogens with zero attached hydrogens (tertiary/aromatic N) is 3. The molecule has 0 saturated heterocycles. The third kappa shape index (κ3) is 2.28. The van der Waals surface area contributed by atoms with Crippen molar-refractivity contribution in [2.75, 3.05) is 5.32 Å². The molecule has 0 bridgehead atoms. The number of benzene rings is 1. The molecule has 7 heteroatoms. The Morgan fingerprint density at radius 3 is 2.85 bits per heavy atom. The normalized spacial score (nSPS) is 11.7. The van der Waals surface area contributed by atoms with Crippen LogP contribution in [-0.2, 0) is 0 Å². The first-order valence-corrected chi connectivity index (χ1v) is 8.76. The number of phenolic OH excluding ortho intramolecular Hbond substituents is 1. The van der Waals surface area contributed by atoms with Crippen LogP contribution >= 0.6 is 15.9 Å². The SMILES string of the molecule is Oc1ccc(Br)c(-c2nc3c([nH]2)-c2ccncc2Nc2ncccc2-3)c1. The summed E-state index contributed by atoms with van der Waals surface area (Å²) in [4.78, 5) is 16.9. The van der Waals surface area contributed by atoms with E-state index in [0.29, 0.717) is 5.82 Å². The molecule has 5 rings (SSSR count). The van der Waals surface area contributed by atoms with Gasteiger partial charge in [0.25, 0.3) is 0 Å². The van der Waals surface area contributed by atoms with Gasteiger partial charge in [-0.25, -0.2) is 9.97 Å². The summed E-state index contributed by atoms with van der Waals surface area (Å²) >= 11 is 3.53. The second kappa shape index (κ2) is 5.67. The third-order valence-corrected chi connectivity index (χ3v) is 5.01. The first-order valence-electron chi connectivity index (χ1n) is 7.96. The minimum atomic E-state index is 0.183. The molecule has 0 saturated carbocycles. The highest BCUT2D eigenvalue weighted by molar-refractivity contribution is 9.10. The zero-order valence-corrected chi connectivity index (χ0v) is 14.9. The molecule has 0 aliphatic carbocycles. The second-order valence-corrected chi connectivity index (χ2v) is 6.77. The van der Waals surface area contributed by atoms with E-state index < -0.39 is 0 Å². The number of pyridine rings is 2. The number of nitrogens with one attached hydrogen (secondary N) is 2. The molecule has 4 aromatic rings. The predicted molar refractivity (Wildman–Crippen MR) is 103 cm³/mol. The highest BCUT2D eigenvalue weighted by atomic mass is 79.9. The Balaban J connectivity index is 1.82. The fourth-order valence-corrected chi connectivity index (χ4v) is 3.56. The van der Waals surface area contributed by atoms with Crippen LogP contribution in [0.15, 0.2) is 59.5 Å². The van der Waals surface area contributed by atoms with Crippen LogP contribution in [0.25, 0.3) is 33.9 Å². The molecule has 0 amide bonds. The standard InChI is InChI=1S/C19H12BrN5O/c20-14-4-3-10(26)8-13(14)19-24-16-11-5-7-21-9-15(11)23-18-12(17(16)25-19)2-1-6-22-18/h1-9,26H,(H,22,23)(H,24,25). The van der Waals surface area contributed by atoms with Gasteiger partial charge in [-0.15, -0.1) is 0 Å². The van der Waals surface area contributed by atoms with Gasteiger partial charge in [-0.1, -0.05) is 15.9 Å². The molecule has 0 atom stereocenters. The average molecular weight is 406 g/mol. The summed E-state index contributed by atoms with van der Waals surface area (Å²) in [5, 5.41) is 13.2. The largest absolute Gasteiger partial charge is 0.508 e. The molecule has 1 aliphatic heterocycles. The van der Waals surface area contributed by atoms with Crippen molar-refractivity contribution in [3.05, 3.63) is 59.5 Å². The highest BCUT2D eigenvalue weighted by Gasteiger charge is 2.24. The molecule has 0 fully saturated rings. The smallest absolute Gasteiger partial charge is 0.139 e. The molecule has 3 aromatic heterocycles. The molecule has 0 radical (unpaired) electrons.